The van der Waals surface area contributed by atoms with Crippen LogP contribution in [0.2, 0.25) is 0 Å². The zero-order valence-electron chi connectivity index (χ0n) is 19.1. The molecule has 0 fully saturated rings. The predicted molar refractivity (Wildman–Crippen MR) is 127 cm³/mol. The molecule has 0 bridgehead atoms. The van der Waals surface area contributed by atoms with Crippen molar-refractivity contribution in [1.82, 2.24) is 4.98 Å². The molecule has 1 aromatic heterocycles. The number of carbonyl (C=O) groups is 3. The number of nitrogens with zero attached hydrogens (tertiary/aromatic N) is 1. The maximum Gasteiger partial charge on any atom is 0.307 e. The van der Waals surface area contributed by atoms with Gasteiger partial charge in [-0.1, -0.05) is 18.2 Å². The second-order valence-corrected chi connectivity index (χ2v) is 9.51. The van der Waals surface area contributed by atoms with Crippen LogP contribution >= 0.6 is 11.3 Å². The van der Waals surface area contributed by atoms with Crippen LogP contribution in [-0.2, 0) is 27.2 Å². The van der Waals surface area contributed by atoms with E-state index < -0.39 is 23.3 Å². The standard InChI is InChI=1S/C25H25FN2O5S/c1-25(2,3)33-22(31)9-8-15-10-17(12-18(26)11-15)20-14-34-24(28-20)23(32)27-19-7-5-4-6-16(19)13-21(29)30/h4-7,10-12,14H,8-9,13H2,1-3H3,(H,27,32)(H,29,30). The molecule has 1 heterocycles. The number of aromatic nitrogens is 1. The van der Waals surface area contributed by atoms with Crippen molar-refractivity contribution in [2.24, 2.45) is 0 Å². The minimum absolute atomic E-state index is 0.112. The minimum Gasteiger partial charge on any atom is -0.481 e. The maximum atomic E-state index is 14.2. The van der Waals surface area contributed by atoms with Gasteiger partial charge in [0.2, 0.25) is 0 Å². The fourth-order valence-electron chi connectivity index (χ4n) is 3.23. The normalized spacial score (nSPS) is 11.2. The van der Waals surface area contributed by atoms with Gasteiger partial charge in [-0.3, -0.25) is 14.4 Å². The van der Waals surface area contributed by atoms with E-state index in [0.29, 0.717) is 34.5 Å². The molecule has 0 aliphatic heterocycles. The Labute approximate surface area is 200 Å². The van der Waals surface area contributed by atoms with E-state index in [0.717, 1.165) is 11.3 Å². The summed E-state index contributed by atoms with van der Waals surface area (Å²) in [5.41, 5.74) is 1.80. The Morgan fingerprint density at radius 3 is 2.59 bits per heavy atom. The molecule has 0 saturated heterocycles. The molecule has 0 atom stereocenters. The fourth-order valence-corrected chi connectivity index (χ4v) is 3.95. The van der Waals surface area contributed by atoms with Crippen molar-refractivity contribution < 1.29 is 28.6 Å². The highest BCUT2D eigenvalue weighted by atomic mass is 32.1. The Bertz CT molecular complexity index is 1220. The van der Waals surface area contributed by atoms with Crippen molar-refractivity contribution in [1.29, 1.82) is 0 Å². The lowest BCUT2D eigenvalue weighted by Gasteiger charge is -2.19. The smallest absolute Gasteiger partial charge is 0.307 e. The Kier molecular flexibility index (Phi) is 7.78. The highest BCUT2D eigenvalue weighted by Gasteiger charge is 2.18. The summed E-state index contributed by atoms with van der Waals surface area (Å²) in [5, 5.41) is 13.5. The molecule has 0 aliphatic carbocycles. The largest absolute Gasteiger partial charge is 0.481 e. The van der Waals surface area contributed by atoms with Crippen molar-refractivity contribution in [2.45, 2.75) is 45.6 Å². The summed E-state index contributed by atoms with van der Waals surface area (Å²) in [5.74, 6) is -2.34. The van der Waals surface area contributed by atoms with Crippen LogP contribution < -0.4 is 5.32 Å². The number of para-hydroxylation sites is 1. The zero-order valence-corrected chi connectivity index (χ0v) is 19.9. The molecule has 0 saturated carbocycles. The summed E-state index contributed by atoms with van der Waals surface area (Å²) in [6.07, 6.45) is 0.188. The Balaban J connectivity index is 1.73. The van der Waals surface area contributed by atoms with Gasteiger partial charge in [-0.15, -0.1) is 11.3 Å². The average molecular weight is 485 g/mol. The summed E-state index contributed by atoms with van der Waals surface area (Å²) in [6, 6.07) is 11.0. The number of hydrogen-bond donors (Lipinski definition) is 2. The van der Waals surface area contributed by atoms with Gasteiger partial charge in [-0.25, -0.2) is 9.37 Å². The predicted octanol–water partition coefficient (Wildman–Crippen LogP) is 5.10. The van der Waals surface area contributed by atoms with Crippen LogP contribution in [0, 0.1) is 5.82 Å². The van der Waals surface area contributed by atoms with Crippen LogP contribution in [-0.4, -0.2) is 33.5 Å². The molecule has 178 valence electrons. The van der Waals surface area contributed by atoms with E-state index >= 15 is 0 Å². The summed E-state index contributed by atoms with van der Waals surface area (Å²) in [7, 11) is 0. The lowest BCUT2D eigenvalue weighted by molar-refractivity contribution is -0.154. The molecule has 2 aromatic carbocycles. The van der Waals surface area contributed by atoms with Gasteiger partial charge >= 0.3 is 11.9 Å². The zero-order chi connectivity index (χ0) is 24.9. The second kappa shape index (κ2) is 10.6. The first-order chi connectivity index (χ1) is 16.0. The molecule has 2 N–H and O–H groups in total. The number of benzene rings is 2. The van der Waals surface area contributed by atoms with Crippen molar-refractivity contribution >= 4 is 34.9 Å². The first kappa shape index (κ1) is 25.0. The number of ether oxygens (including phenoxy) is 1. The number of halogens is 1. The molecule has 0 aliphatic rings. The quantitative estimate of drug-likeness (QED) is 0.431. The van der Waals surface area contributed by atoms with E-state index in [9.17, 15) is 18.8 Å². The van der Waals surface area contributed by atoms with E-state index in [4.69, 9.17) is 9.84 Å². The average Bonchev–Trinajstić information content (AvgIpc) is 3.22. The number of rotatable bonds is 8. The molecule has 3 aromatic rings. The van der Waals surface area contributed by atoms with Gasteiger partial charge in [-0.2, -0.15) is 0 Å². The van der Waals surface area contributed by atoms with Crippen molar-refractivity contribution in [2.75, 3.05) is 5.32 Å². The SMILES string of the molecule is CC(C)(C)OC(=O)CCc1cc(F)cc(-c2csc(C(=O)Nc3ccccc3CC(=O)O)n2)c1. The van der Waals surface area contributed by atoms with E-state index in [2.05, 4.69) is 10.3 Å². The van der Waals surface area contributed by atoms with Crippen LogP contribution in [0.25, 0.3) is 11.3 Å². The van der Waals surface area contributed by atoms with Crippen molar-refractivity contribution in [3.05, 3.63) is 69.8 Å². The minimum atomic E-state index is -1.01. The number of nitrogens with one attached hydrogen (secondary N) is 1. The monoisotopic (exact) mass is 484 g/mol. The first-order valence-electron chi connectivity index (χ1n) is 10.6. The fraction of sp³-hybridized carbons (Fsp3) is 0.280. The van der Waals surface area contributed by atoms with Gasteiger partial charge < -0.3 is 15.2 Å². The van der Waals surface area contributed by atoms with Crippen LogP contribution in [0.3, 0.4) is 0 Å². The highest BCUT2D eigenvalue weighted by Crippen LogP contribution is 2.26. The van der Waals surface area contributed by atoms with Crippen molar-refractivity contribution in [3.63, 3.8) is 0 Å². The van der Waals surface area contributed by atoms with Gasteiger partial charge in [0.1, 0.15) is 11.4 Å². The number of carbonyl (C=O) groups excluding carboxylic acids is 2. The van der Waals surface area contributed by atoms with Gasteiger partial charge in [0.05, 0.1) is 12.1 Å². The molecular weight excluding hydrogens is 459 g/mol. The van der Waals surface area contributed by atoms with E-state index in [-0.39, 0.29) is 23.8 Å². The van der Waals surface area contributed by atoms with Crippen LogP contribution in [0.4, 0.5) is 10.1 Å². The number of aliphatic carboxylic acids is 1. The van der Waals surface area contributed by atoms with E-state index in [1.165, 1.54) is 12.1 Å². The summed E-state index contributed by atoms with van der Waals surface area (Å²) in [4.78, 5) is 40.0. The number of carboxylic acid groups (broad SMARTS) is 1. The van der Waals surface area contributed by atoms with Gasteiger partial charge in [0.25, 0.3) is 5.91 Å². The lowest BCUT2D eigenvalue weighted by Crippen LogP contribution is -2.24. The molecule has 0 spiro atoms. The summed E-state index contributed by atoms with van der Waals surface area (Å²) in [6.45, 7) is 5.35. The van der Waals surface area contributed by atoms with Gasteiger partial charge in [-0.05, 0) is 62.6 Å². The topological polar surface area (TPSA) is 106 Å². The lowest BCUT2D eigenvalue weighted by atomic mass is 10.0. The Morgan fingerprint density at radius 1 is 1.15 bits per heavy atom. The molecular formula is C25H25FN2O5S. The molecule has 9 heteroatoms. The Morgan fingerprint density at radius 2 is 1.88 bits per heavy atom. The molecule has 7 nitrogen and oxygen atoms in total. The Hall–Kier alpha value is -3.59. The first-order valence-corrected chi connectivity index (χ1v) is 11.5. The van der Waals surface area contributed by atoms with Crippen molar-refractivity contribution in [3.8, 4) is 11.3 Å². The van der Waals surface area contributed by atoms with Crippen LogP contribution in [0.1, 0.15) is 48.1 Å². The third-order valence-corrected chi connectivity index (χ3v) is 5.44. The van der Waals surface area contributed by atoms with Gasteiger partial charge in [0.15, 0.2) is 5.01 Å². The number of anilines is 1. The number of amides is 1. The third-order valence-electron chi connectivity index (χ3n) is 4.60. The molecule has 3 rings (SSSR count). The van der Waals surface area contributed by atoms with Crippen LogP contribution in [0.15, 0.2) is 47.8 Å². The van der Waals surface area contributed by atoms with Gasteiger partial charge in [0, 0.05) is 23.1 Å². The molecule has 0 unspecified atom stereocenters. The summed E-state index contributed by atoms with van der Waals surface area (Å²) >= 11 is 1.09. The maximum absolute atomic E-state index is 14.2. The van der Waals surface area contributed by atoms with E-state index in [1.54, 1.807) is 56.5 Å². The summed E-state index contributed by atoms with van der Waals surface area (Å²) < 4.78 is 19.5. The molecule has 0 radical (unpaired) electrons. The third kappa shape index (κ3) is 7.21. The molecule has 1 amide bonds. The van der Waals surface area contributed by atoms with Crippen LogP contribution in [0.5, 0.6) is 0 Å². The van der Waals surface area contributed by atoms with E-state index in [1.807, 2.05) is 0 Å². The highest BCUT2D eigenvalue weighted by molar-refractivity contribution is 7.12. The second-order valence-electron chi connectivity index (χ2n) is 8.65. The number of carboxylic acids is 1. The number of esters is 1. The number of aryl methyl sites for hydroxylation is 1. The molecule has 34 heavy (non-hydrogen) atoms. The number of hydrogen-bond acceptors (Lipinski definition) is 6. The number of thiazole rings is 1.